The van der Waals surface area contributed by atoms with Gasteiger partial charge in [-0.25, -0.2) is 0 Å². The summed E-state index contributed by atoms with van der Waals surface area (Å²) in [5.41, 5.74) is 8.36. The van der Waals surface area contributed by atoms with Crippen molar-refractivity contribution in [3.63, 3.8) is 0 Å². The molecule has 24 heavy (non-hydrogen) atoms. The molecule has 1 aliphatic heterocycles. The largest absolute Gasteiger partial charge is 0.370 e. The molecule has 0 radical (unpaired) electrons. The summed E-state index contributed by atoms with van der Waals surface area (Å²) in [6.07, 6.45) is 2.57. The number of hydrogen-bond acceptors (Lipinski definition) is 3. The molecule has 0 spiro atoms. The van der Waals surface area contributed by atoms with Gasteiger partial charge in [0.15, 0.2) is 0 Å². The molecule has 1 aromatic heterocycles. The summed E-state index contributed by atoms with van der Waals surface area (Å²) < 4.78 is 2.02. The zero-order valence-corrected chi connectivity index (χ0v) is 15.3. The summed E-state index contributed by atoms with van der Waals surface area (Å²) in [6, 6.07) is 0. The summed E-state index contributed by atoms with van der Waals surface area (Å²) in [5.74, 6) is 0.756. The van der Waals surface area contributed by atoms with Gasteiger partial charge >= 0.3 is 0 Å². The number of nitrogens with two attached hydrogens (primary N) is 1. The van der Waals surface area contributed by atoms with E-state index in [4.69, 9.17) is 5.73 Å². The second kappa shape index (κ2) is 7.81. The lowest BCUT2D eigenvalue weighted by Crippen LogP contribution is -2.40. The van der Waals surface area contributed by atoms with Gasteiger partial charge in [-0.05, 0) is 38.5 Å². The summed E-state index contributed by atoms with van der Waals surface area (Å²) in [5, 5.41) is 4.59. The summed E-state index contributed by atoms with van der Waals surface area (Å²) in [7, 11) is 0. The van der Waals surface area contributed by atoms with Gasteiger partial charge in [0.2, 0.25) is 11.8 Å². The molecule has 6 heteroatoms. The maximum absolute atomic E-state index is 12.6. The number of amides is 2. The Hall–Kier alpha value is -1.85. The Balaban J connectivity index is 1.96. The average Bonchev–Trinajstić information content (AvgIpc) is 2.74. The smallest absolute Gasteiger partial charge is 0.227 e. The molecule has 0 bridgehead atoms. The van der Waals surface area contributed by atoms with Crippen molar-refractivity contribution in [1.82, 2.24) is 14.7 Å². The van der Waals surface area contributed by atoms with E-state index in [1.807, 2.05) is 23.4 Å². The Labute approximate surface area is 144 Å². The maximum Gasteiger partial charge on any atom is 0.227 e. The molecule has 1 aromatic rings. The van der Waals surface area contributed by atoms with Gasteiger partial charge in [-0.2, -0.15) is 5.10 Å². The normalized spacial score (nSPS) is 16.0. The average molecular weight is 334 g/mol. The number of likely N-dealkylation sites (tertiary alicyclic amines) is 1. The fourth-order valence-corrected chi connectivity index (χ4v) is 3.45. The van der Waals surface area contributed by atoms with E-state index < -0.39 is 0 Å². The highest BCUT2D eigenvalue weighted by molar-refractivity contribution is 5.79. The van der Waals surface area contributed by atoms with Crippen molar-refractivity contribution >= 4 is 11.8 Å². The predicted octanol–water partition coefficient (Wildman–Crippen LogP) is 1.81. The third-order valence-corrected chi connectivity index (χ3v) is 4.85. The molecule has 2 N–H and O–H groups in total. The molecule has 2 heterocycles. The van der Waals surface area contributed by atoms with Gasteiger partial charge in [0.25, 0.3) is 0 Å². The van der Waals surface area contributed by atoms with E-state index in [1.54, 1.807) is 0 Å². The van der Waals surface area contributed by atoms with Gasteiger partial charge in [-0.15, -0.1) is 0 Å². The maximum atomic E-state index is 12.6. The molecule has 1 saturated heterocycles. The van der Waals surface area contributed by atoms with E-state index in [-0.39, 0.29) is 11.8 Å². The van der Waals surface area contributed by atoms with Crippen molar-refractivity contribution in [2.75, 3.05) is 13.1 Å². The van der Waals surface area contributed by atoms with Crippen LogP contribution in [0.4, 0.5) is 0 Å². The van der Waals surface area contributed by atoms with Crippen LogP contribution in [0.2, 0.25) is 0 Å². The molecule has 0 unspecified atom stereocenters. The molecular weight excluding hydrogens is 304 g/mol. The number of aryl methyl sites for hydroxylation is 1. The fourth-order valence-electron chi connectivity index (χ4n) is 3.45. The van der Waals surface area contributed by atoms with Crippen molar-refractivity contribution in [3.8, 4) is 0 Å². The Morgan fingerprint density at radius 2 is 1.88 bits per heavy atom. The lowest BCUT2D eigenvalue weighted by molar-refractivity contribution is -0.132. The summed E-state index contributed by atoms with van der Waals surface area (Å²) in [4.78, 5) is 25.6. The number of aromatic nitrogens is 2. The third kappa shape index (κ3) is 4.58. The minimum atomic E-state index is -0.247. The number of primary amides is 1. The highest BCUT2D eigenvalue weighted by atomic mass is 16.2. The molecule has 1 fully saturated rings. The van der Waals surface area contributed by atoms with Gasteiger partial charge in [-0.3, -0.25) is 14.3 Å². The van der Waals surface area contributed by atoms with Gasteiger partial charge in [0.05, 0.1) is 12.1 Å². The minimum Gasteiger partial charge on any atom is -0.370 e. The van der Waals surface area contributed by atoms with E-state index in [2.05, 4.69) is 18.9 Å². The Morgan fingerprint density at radius 1 is 1.25 bits per heavy atom. The molecule has 0 aromatic carbocycles. The van der Waals surface area contributed by atoms with Gasteiger partial charge in [0.1, 0.15) is 0 Å². The monoisotopic (exact) mass is 334 g/mol. The van der Waals surface area contributed by atoms with Crippen LogP contribution in [-0.2, 0) is 22.6 Å². The van der Waals surface area contributed by atoms with Crippen LogP contribution in [0.5, 0.6) is 0 Å². The van der Waals surface area contributed by atoms with Gasteiger partial charge in [0, 0.05) is 37.3 Å². The number of nitrogens with zero attached hydrogens (tertiary/aromatic N) is 3. The standard InChI is InChI=1S/C18H30N4O2/c1-12(2)11-22-14(4)16(13(3)20-22)10-18(24)21-7-5-15(6-8-21)9-17(19)23/h12,15H,5-11H2,1-4H3,(H2,19,23). The number of hydrogen-bond donors (Lipinski definition) is 1. The van der Waals surface area contributed by atoms with Crippen molar-refractivity contribution in [2.45, 2.75) is 59.9 Å². The summed E-state index contributed by atoms with van der Waals surface area (Å²) >= 11 is 0. The SMILES string of the molecule is Cc1nn(CC(C)C)c(C)c1CC(=O)N1CCC(CC(N)=O)CC1. The van der Waals surface area contributed by atoms with Crippen LogP contribution in [0.1, 0.15) is 50.1 Å². The van der Waals surface area contributed by atoms with E-state index in [9.17, 15) is 9.59 Å². The number of carbonyl (C=O) groups is 2. The minimum absolute atomic E-state index is 0.155. The molecule has 0 atom stereocenters. The van der Waals surface area contributed by atoms with Crippen LogP contribution in [0.3, 0.4) is 0 Å². The Bertz CT molecular complexity index is 598. The van der Waals surface area contributed by atoms with Crippen LogP contribution >= 0.6 is 0 Å². The molecule has 134 valence electrons. The number of rotatable bonds is 6. The zero-order chi connectivity index (χ0) is 17.9. The van der Waals surface area contributed by atoms with E-state index >= 15 is 0 Å². The molecule has 2 amide bonds. The van der Waals surface area contributed by atoms with Gasteiger partial charge < -0.3 is 10.6 Å². The highest BCUT2D eigenvalue weighted by Gasteiger charge is 2.25. The fraction of sp³-hybridized carbons (Fsp3) is 0.722. The van der Waals surface area contributed by atoms with Crippen molar-refractivity contribution < 1.29 is 9.59 Å². The second-order valence-corrected chi connectivity index (χ2v) is 7.40. The van der Waals surface area contributed by atoms with Crippen molar-refractivity contribution in [1.29, 1.82) is 0 Å². The zero-order valence-electron chi connectivity index (χ0n) is 15.3. The van der Waals surface area contributed by atoms with Crippen LogP contribution in [0.15, 0.2) is 0 Å². The molecule has 2 rings (SSSR count). The lowest BCUT2D eigenvalue weighted by Gasteiger charge is -2.31. The molecule has 0 aliphatic carbocycles. The van der Waals surface area contributed by atoms with Crippen LogP contribution in [-0.4, -0.2) is 39.6 Å². The quantitative estimate of drug-likeness (QED) is 0.861. The Kier molecular flexibility index (Phi) is 6.02. The van der Waals surface area contributed by atoms with Crippen LogP contribution in [0.25, 0.3) is 0 Å². The predicted molar refractivity (Wildman–Crippen MR) is 93.4 cm³/mol. The van der Waals surface area contributed by atoms with Crippen molar-refractivity contribution in [2.24, 2.45) is 17.6 Å². The Morgan fingerprint density at radius 3 is 2.42 bits per heavy atom. The second-order valence-electron chi connectivity index (χ2n) is 7.40. The van der Waals surface area contributed by atoms with Crippen molar-refractivity contribution in [3.05, 3.63) is 17.0 Å². The van der Waals surface area contributed by atoms with E-state index in [0.29, 0.717) is 24.7 Å². The number of piperidine rings is 1. The first kappa shape index (κ1) is 18.5. The first-order valence-corrected chi connectivity index (χ1v) is 8.86. The molecule has 0 saturated carbocycles. The lowest BCUT2D eigenvalue weighted by atomic mass is 9.93. The first-order valence-electron chi connectivity index (χ1n) is 8.86. The third-order valence-electron chi connectivity index (χ3n) is 4.85. The molecule has 6 nitrogen and oxygen atoms in total. The van der Waals surface area contributed by atoms with E-state index in [1.165, 1.54) is 0 Å². The van der Waals surface area contributed by atoms with Gasteiger partial charge in [-0.1, -0.05) is 13.8 Å². The van der Waals surface area contributed by atoms with Crippen LogP contribution in [0, 0.1) is 25.7 Å². The number of carbonyl (C=O) groups excluding carboxylic acids is 2. The topological polar surface area (TPSA) is 81.2 Å². The molecular formula is C18H30N4O2. The molecule has 1 aliphatic rings. The summed E-state index contributed by atoms with van der Waals surface area (Å²) in [6.45, 7) is 10.7. The van der Waals surface area contributed by atoms with Crippen LogP contribution < -0.4 is 5.73 Å². The first-order chi connectivity index (χ1) is 11.3. The highest BCUT2D eigenvalue weighted by Crippen LogP contribution is 2.22. The van der Waals surface area contributed by atoms with E-state index in [0.717, 1.165) is 49.4 Å².